The van der Waals surface area contributed by atoms with Gasteiger partial charge in [-0.25, -0.2) is 0 Å². The SMILES string of the molecule is COc1ccccc1NC(=O)COc1ccc(C=C2C(=O)NC(=S)NC2=O)cc1OC. The monoisotopic (exact) mass is 441 g/mol. The molecule has 0 aromatic heterocycles. The highest BCUT2D eigenvalue weighted by molar-refractivity contribution is 7.80. The maximum Gasteiger partial charge on any atom is 0.263 e. The molecular formula is C21H19N3O6S. The number of anilines is 1. The van der Waals surface area contributed by atoms with E-state index >= 15 is 0 Å². The van der Waals surface area contributed by atoms with Gasteiger partial charge in [0.25, 0.3) is 17.7 Å². The number of thiocarbonyl (C=S) groups is 1. The molecule has 1 aliphatic rings. The normalized spacial score (nSPS) is 13.1. The van der Waals surface area contributed by atoms with Crippen molar-refractivity contribution in [1.82, 2.24) is 10.6 Å². The molecule has 1 aliphatic heterocycles. The van der Waals surface area contributed by atoms with Crippen LogP contribution in [0.2, 0.25) is 0 Å². The Morgan fingerprint density at radius 2 is 1.68 bits per heavy atom. The number of hydrogen-bond donors (Lipinski definition) is 3. The smallest absolute Gasteiger partial charge is 0.263 e. The van der Waals surface area contributed by atoms with Gasteiger partial charge in [0.05, 0.1) is 19.9 Å². The lowest BCUT2D eigenvalue weighted by atomic mass is 10.1. The van der Waals surface area contributed by atoms with Crippen LogP contribution in [0, 0.1) is 0 Å². The molecule has 10 heteroatoms. The van der Waals surface area contributed by atoms with Crippen LogP contribution in [-0.4, -0.2) is 43.7 Å². The van der Waals surface area contributed by atoms with Gasteiger partial charge in [0, 0.05) is 0 Å². The van der Waals surface area contributed by atoms with Crippen LogP contribution in [0.1, 0.15) is 5.56 Å². The number of rotatable bonds is 7. The lowest BCUT2D eigenvalue weighted by molar-refractivity contribution is -0.123. The van der Waals surface area contributed by atoms with E-state index in [-0.39, 0.29) is 23.2 Å². The molecule has 3 rings (SSSR count). The predicted molar refractivity (Wildman–Crippen MR) is 117 cm³/mol. The molecule has 0 spiro atoms. The minimum absolute atomic E-state index is 0.0418. The first-order valence-corrected chi connectivity index (χ1v) is 9.44. The topological polar surface area (TPSA) is 115 Å². The number of para-hydroxylation sites is 2. The third-order valence-electron chi connectivity index (χ3n) is 4.18. The van der Waals surface area contributed by atoms with Gasteiger partial charge in [-0.2, -0.15) is 0 Å². The summed E-state index contributed by atoms with van der Waals surface area (Å²) in [5, 5.41) is 7.40. The summed E-state index contributed by atoms with van der Waals surface area (Å²) >= 11 is 4.77. The van der Waals surface area contributed by atoms with Crippen LogP contribution in [0.25, 0.3) is 6.08 Å². The number of methoxy groups -OCH3 is 2. The van der Waals surface area contributed by atoms with Crippen LogP contribution in [0.4, 0.5) is 5.69 Å². The molecule has 160 valence electrons. The average molecular weight is 441 g/mol. The summed E-state index contributed by atoms with van der Waals surface area (Å²) in [5.74, 6) is -0.404. The maximum atomic E-state index is 12.2. The molecule has 1 heterocycles. The van der Waals surface area contributed by atoms with E-state index in [4.69, 9.17) is 26.4 Å². The summed E-state index contributed by atoms with van der Waals surface area (Å²) in [5.41, 5.74) is 0.951. The van der Waals surface area contributed by atoms with Gasteiger partial charge < -0.3 is 19.5 Å². The van der Waals surface area contributed by atoms with Crippen LogP contribution in [0.5, 0.6) is 17.2 Å². The Bertz CT molecular complexity index is 1060. The Balaban J connectivity index is 1.70. The molecule has 0 bridgehead atoms. The van der Waals surface area contributed by atoms with Crippen molar-refractivity contribution in [2.24, 2.45) is 0 Å². The quantitative estimate of drug-likeness (QED) is 0.340. The van der Waals surface area contributed by atoms with Gasteiger partial charge in [0.1, 0.15) is 11.3 Å². The van der Waals surface area contributed by atoms with Gasteiger partial charge in [-0.3, -0.25) is 25.0 Å². The standard InChI is InChI=1S/C21H19N3O6S/c1-28-15-6-4-3-5-14(15)22-18(25)11-30-16-8-7-12(10-17(16)29-2)9-13-19(26)23-21(31)24-20(13)27/h3-10H,11H2,1-2H3,(H,22,25)(H2,23,24,26,27,31). The summed E-state index contributed by atoms with van der Waals surface area (Å²) in [4.78, 5) is 36.2. The first-order chi connectivity index (χ1) is 14.9. The van der Waals surface area contributed by atoms with E-state index in [0.717, 1.165) is 0 Å². The van der Waals surface area contributed by atoms with Crippen LogP contribution < -0.4 is 30.2 Å². The first kappa shape index (κ1) is 21.8. The maximum absolute atomic E-state index is 12.2. The average Bonchev–Trinajstić information content (AvgIpc) is 2.75. The fraction of sp³-hybridized carbons (Fsp3) is 0.143. The summed E-state index contributed by atoms with van der Waals surface area (Å²) < 4.78 is 16.1. The Morgan fingerprint density at radius 1 is 1.00 bits per heavy atom. The van der Waals surface area contributed by atoms with Gasteiger partial charge in [-0.15, -0.1) is 0 Å². The first-order valence-electron chi connectivity index (χ1n) is 9.03. The lowest BCUT2D eigenvalue weighted by Crippen LogP contribution is -2.51. The van der Waals surface area contributed by atoms with Gasteiger partial charge in [-0.05, 0) is 48.1 Å². The number of carbonyl (C=O) groups is 3. The number of carbonyl (C=O) groups excluding carboxylic acids is 3. The molecule has 31 heavy (non-hydrogen) atoms. The molecule has 2 aromatic rings. The van der Waals surface area contributed by atoms with Crippen LogP contribution >= 0.6 is 12.2 Å². The summed E-state index contributed by atoms with van der Waals surface area (Å²) in [6.07, 6.45) is 1.40. The number of amides is 3. The fourth-order valence-electron chi connectivity index (χ4n) is 2.74. The zero-order chi connectivity index (χ0) is 22.4. The summed E-state index contributed by atoms with van der Waals surface area (Å²) in [6, 6.07) is 11.8. The minimum atomic E-state index is -0.596. The van der Waals surface area contributed by atoms with Crippen molar-refractivity contribution >= 4 is 46.8 Å². The van der Waals surface area contributed by atoms with E-state index in [1.807, 2.05) is 0 Å². The molecule has 3 amide bonds. The second-order valence-electron chi connectivity index (χ2n) is 6.24. The number of hydrogen-bond acceptors (Lipinski definition) is 7. The van der Waals surface area contributed by atoms with Crippen LogP contribution in [-0.2, 0) is 14.4 Å². The van der Waals surface area contributed by atoms with E-state index < -0.39 is 11.8 Å². The highest BCUT2D eigenvalue weighted by atomic mass is 32.1. The second kappa shape index (κ2) is 9.72. The van der Waals surface area contributed by atoms with Gasteiger partial charge in [0.15, 0.2) is 23.2 Å². The summed E-state index contributed by atoms with van der Waals surface area (Å²) in [7, 11) is 2.95. The lowest BCUT2D eigenvalue weighted by Gasteiger charge is -2.16. The number of benzene rings is 2. The zero-order valence-corrected chi connectivity index (χ0v) is 17.5. The Kier molecular flexibility index (Phi) is 6.83. The molecule has 0 radical (unpaired) electrons. The van der Waals surface area contributed by atoms with Crippen molar-refractivity contribution < 1.29 is 28.6 Å². The van der Waals surface area contributed by atoms with E-state index in [9.17, 15) is 14.4 Å². The molecule has 1 fully saturated rings. The van der Waals surface area contributed by atoms with Gasteiger partial charge in [-0.1, -0.05) is 18.2 Å². The molecule has 0 unspecified atom stereocenters. The van der Waals surface area contributed by atoms with E-state index in [1.165, 1.54) is 20.3 Å². The molecule has 3 N–H and O–H groups in total. The molecule has 2 aromatic carbocycles. The third kappa shape index (κ3) is 5.37. The van der Waals surface area contributed by atoms with Crippen molar-refractivity contribution in [1.29, 1.82) is 0 Å². The number of ether oxygens (including phenoxy) is 3. The van der Waals surface area contributed by atoms with Gasteiger partial charge >= 0.3 is 0 Å². The van der Waals surface area contributed by atoms with Crippen LogP contribution in [0.15, 0.2) is 48.0 Å². The van der Waals surface area contributed by atoms with Gasteiger partial charge in [0.2, 0.25) is 0 Å². The van der Waals surface area contributed by atoms with Crippen LogP contribution in [0.3, 0.4) is 0 Å². The Morgan fingerprint density at radius 3 is 2.35 bits per heavy atom. The fourth-order valence-corrected chi connectivity index (χ4v) is 2.93. The molecule has 1 saturated heterocycles. The summed E-state index contributed by atoms with van der Waals surface area (Å²) in [6.45, 7) is -0.267. The Hall–Kier alpha value is -3.92. The van der Waals surface area contributed by atoms with Crippen molar-refractivity contribution in [3.8, 4) is 17.2 Å². The molecule has 9 nitrogen and oxygen atoms in total. The molecule has 0 atom stereocenters. The minimum Gasteiger partial charge on any atom is -0.495 e. The molecule has 0 aliphatic carbocycles. The molecule has 0 saturated carbocycles. The highest BCUT2D eigenvalue weighted by Gasteiger charge is 2.25. The van der Waals surface area contributed by atoms with Crippen molar-refractivity contribution in [2.75, 3.05) is 26.1 Å². The number of nitrogens with one attached hydrogen (secondary N) is 3. The van der Waals surface area contributed by atoms with E-state index in [2.05, 4.69) is 16.0 Å². The van der Waals surface area contributed by atoms with Crippen molar-refractivity contribution in [2.45, 2.75) is 0 Å². The zero-order valence-electron chi connectivity index (χ0n) is 16.7. The van der Waals surface area contributed by atoms with E-state index in [1.54, 1.807) is 42.5 Å². The predicted octanol–water partition coefficient (Wildman–Crippen LogP) is 1.64. The van der Waals surface area contributed by atoms with Crippen molar-refractivity contribution in [3.63, 3.8) is 0 Å². The Labute approximate surface area is 183 Å². The third-order valence-corrected chi connectivity index (χ3v) is 4.39. The van der Waals surface area contributed by atoms with E-state index in [0.29, 0.717) is 28.5 Å². The molecular weight excluding hydrogens is 422 g/mol. The van der Waals surface area contributed by atoms with Crippen molar-refractivity contribution in [3.05, 3.63) is 53.6 Å². The highest BCUT2D eigenvalue weighted by Crippen LogP contribution is 2.29. The largest absolute Gasteiger partial charge is 0.495 e. The second-order valence-corrected chi connectivity index (χ2v) is 6.65.